The summed E-state index contributed by atoms with van der Waals surface area (Å²) in [4.78, 5) is 7.94. The van der Waals surface area contributed by atoms with Crippen LogP contribution in [0.15, 0.2) is 250 Å². The van der Waals surface area contributed by atoms with Gasteiger partial charge in [-0.15, -0.1) is 0 Å². The molecule has 0 fully saturated rings. The predicted molar refractivity (Wildman–Crippen MR) is 270 cm³/mol. The molecule has 296 valence electrons. The maximum atomic E-state index is 2.56. The molecule has 2 aliphatic heterocycles. The number of nitrogens with zero attached hydrogens (tertiary/aromatic N) is 2. The lowest BCUT2D eigenvalue weighted by atomic mass is 9.99. The summed E-state index contributed by atoms with van der Waals surface area (Å²) in [5.74, 6) is 0. The maximum absolute atomic E-state index is 2.78. The molecule has 13 rings (SSSR count). The Labute approximate surface area is 376 Å². The molecule has 0 radical (unpaired) electrons. The first-order valence-electron chi connectivity index (χ1n) is 21.5. The summed E-state index contributed by atoms with van der Waals surface area (Å²) < 4.78 is 2.40. The van der Waals surface area contributed by atoms with Gasteiger partial charge in [0.25, 0.3) is 0 Å². The van der Waals surface area contributed by atoms with E-state index in [0.717, 1.165) is 22.7 Å². The van der Waals surface area contributed by atoms with Crippen LogP contribution >= 0.6 is 23.5 Å². The molecule has 63 heavy (non-hydrogen) atoms. The van der Waals surface area contributed by atoms with Crippen LogP contribution in [-0.2, 0) is 0 Å². The Hall–Kier alpha value is -7.02. The summed E-state index contributed by atoms with van der Waals surface area (Å²) in [7, 11) is -2.78. The summed E-state index contributed by atoms with van der Waals surface area (Å²) in [6, 6.07) is 86.0. The molecule has 2 nitrogen and oxygen atoms in total. The van der Waals surface area contributed by atoms with Crippen molar-refractivity contribution >= 4 is 102 Å². The zero-order valence-electron chi connectivity index (χ0n) is 34.2. The predicted octanol–water partition coefficient (Wildman–Crippen LogP) is 13.4. The molecule has 0 amide bonds. The van der Waals surface area contributed by atoms with E-state index in [4.69, 9.17) is 0 Å². The van der Waals surface area contributed by atoms with Gasteiger partial charge in [0.2, 0.25) is 0 Å². The van der Waals surface area contributed by atoms with Gasteiger partial charge in [0.05, 0.1) is 16.7 Å². The van der Waals surface area contributed by atoms with Crippen LogP contribution in [0.25, 0.3) is 49.4 Å². The first-order chi connectivity index (χ1) is 31.3. The van der Waals surface area contributed by atoms with E-state index in [-0.39, 0.29) is 0 Å². The highest BCUT2D eigenvalue weighted by Crippen LogP contribution is 2.45. The van der Waals surface area contributed by atoms with Crippen molar-refractivity contribution in [2.45, 2.75) is 19.6 Å². The van der Waals surface area contributed by atoms with Crippen molar-refractivity contribution in [1.29, 1.82) is 0 Å². The number of hydrogen-bond acceptors (Lipinski definition) is 3. The summed E-state index contributed by atoms with van der Waals surface area (Å²) in [5.41, 5.74) is 9.44. The van der Waals surface area contributed by atoms with Crippen molar-refractivity contribution < 1.29 is 0 Å². The van der Waals surface area contributed by atoms with Crippen molar-refractivity contribution in [3.8, 4) is 16.8 Å². The van der Waals surface area contributed by atoms with Gasteiger partial charge in [-0.25, -0.2) is 0 Å². The third-order valence-electron chi connectivity index (χ3n) is 13.1. The SMILES string of the molecule is c1ccc(-n2c3ccccc3c3c(-c4ccc(N(c5ccc6c(c5)[Si]5(c7ccccc7Sc7ccccc75)c5ccccc5S6)c5cccc6ccccc56)cc4)cccc32)cc1. The van der Waals surface area contributed by atoms with Crippen LogP contribution in [-0.4, -0.2) is 12.6 Å². The Balaban J connectivity index is 1.03. The monoisotopic (exact) mass is 854 g/mol. The van der Waals surface area contributed by atoms with E-state index in [0.29, 0.717) is 0 Å². The Kier molecular flexibility index (Phi) is 8.45. The van der Waals surface area contributed by atoms with Crippen molar-refractivity contribution in [3.05, 3.63) is 231 Å². The van der Waals surface area contributed by atoms with Crippen LogP contribution in [0.4, 0.5) is 17.1 Å². The summed E-state index contributed by atoms with van der Waals surface area (Å²) in [5, 5.41) is 10.8. The minimum atomic E-state index is -2.78. The molecule has 1 spiro atoms. The van der Waals surface area contributed by atoms with Crippen LogP contribution in [0.5, 0.6) is 0 Å². The first kappa shape index (κ1) is 36.6. The van der Waals surface area contributed by atoms with E-state index in [1.807, 2.05) is 23.5 Å². The lowest BCUT2D eigenvalue weighted by Crippen LogP contribution is -2.78. The van der Waals surface area contributed by atoms with Crippen LogP contribution < -0.4 is 25.6 Å². The normalized spacial score (nSPS) is 13.4. The van der Waals surface area contributed by atoms with Crippen molar-refractivity contribution in [2.75, 3.05) is 4.90 Å². The van der Waals surface area contributed by atoms with Crippen molar-refractivity contribution in [3.63, 3.8) is 0 Å². The molecule has 0 saturated carbocycles. The standard InChI is InChI=1S/C58H38N2S2Si/c1-2-18-41(19-3-1)60-48-23-7-6-21-46(48)58-45(22-15-25-49(58)60)40-32-34-42(35-33-40)59(47-24-14-17-39-16-4-5-20-44(39)47)43-36-37-53-57(38-43)63(56-31-13-10-28-52(56)62-53)54-29-11-8-26-50(54)61-51-27-9-12-30-55(51)63/h1-38H. The Bertz CT molecular complexity index is 3490. The van der Waals surface area contributed by atoms with Gasteiger partial charge in [0, 0.05) is 52.8 Å². The zero-order valence-corrected chi connectivity index (χ0v) is 36.8. The topological polar surface area (TPSA) is 8.17 Å². The van der Waals surface area contributed by atoms with Gasteiger partial charge in [-0.3, -0.25) is 0 Å². The molecule has 2 aliphatic rings. The summed E-state index contributed by atoms with van der Waals surface area (Å²) >= 11 is 3.84. The second kappa shape index (κ2) is 14.5. The van der Waals surface area contributed by atoms with Crippen LogP contribution in [0.2, 0.25) is 0 Å². The number of fused-ring (bicyclic) bond motifs is 12. The Morgan fingerprint density at radius 1 is 0.381 bits per heavy atom. The average molecular weight is 855 g/mol. The Morgan fingerprint density at radius 3 is 1.63 bits per heavy atom. The molecule has 10 aromatic carbocycles. The molecule has 0 saturated heterocycles. The van der Waals surface area contributed by atoms with E-state index in [9.17, 15) is 0 Å². The highest BCUT2D eigenvalue weighted by molar-refractivity contribution is 8.01. The minimum Gasteiger partial charge on any atom is -0.310 e. The lowest BCUT2D eigenvalue weighted by molar-refractivity contribution is 1.18. The molecular formula is C58H38N2S2Si. The van der Waals surface area contributed by atoms with E-state index in [1.165, 1.54) is 84.0 Å². The minimum absolute atomic E-state index is 1.12. The smallest absolute Gasteiger partial charge is 0.184 e. The number of para-hydroxylation sites is 2. The van der Waals surface area contributed by atoms with E-state index >= 15 is 0 Å². The van der Waals surface area contributed by atoms with Crippen LogP contribution in [0.3, 0.4) is 0 Å². The van der Waals surface area contributed by atoms with Gasteiger partial charge >= 0.3 is 0 Å². The number of rotatable bonds is 5. The first-order valence-corrected chi connectivity index (χ1v) is 25.1. The summed E-state index contributed by atoms with van der Waals surface area (Å²) in [6.45, 7) is 0. The molecule has 3 heterocycles. The Morgan fingerprint density at radius 2 is 0.921 bits per heavy atom. The molecule has 11 aromatic rings. The largest absolute Gasteiger partial charge is 0.310 e. The fraction of sp³-hybridized carbons (Fsp3) is 0. The van der Waals surface area contributed by atoms with Gasteiger partial charge in [-0.2, -0.15) is 0 Å². The third-order valence-corrected chi connectivity index (χ3v) is 21.1. The van der Waals surface area contributed by atoms with Crippen LogP contribution in [0, 0.1) is 0 Å². The summed E-state index contributed by atoms with van der Waals surface area (Å²) in [6.07, 6.45) is 0. The number of aromatic nitrogens is 1. The molecule has 5 heteroatoms. The number of anilines is 3. The molecule has 0 bridgehead atoms. The van der Waals surface area contributed by atoms with E-state index < -0.39 is 8.07 Å². The maximum Gasteiger partial charge on any atom is 0.184 e. The number of benzene rings is 10. The van der Waals surface area contributed by atoms with Crippen LogP contribution in [0.1, 0.15) is 0 Å². The molecule has 0 atom stereocenters. The average Bonchev–Trinajstić information content (AvgIpc) is 3.69. The van der Waals surface area contributed by atoms with Crippen molar-refractivity contribution in [1.82, 2.24) is 4.57 Å². The van der Waals surface area contributed by atoms with Gasteiger partial charge in [-0.05, 0) is 116 Å². The molecule has 0 unspecified atom stereocenters. The second-order valence-electron chi connectivity index (χ2n) is 16.4. The quantitative estimate of drug-likeness (QED) is 0.160. The van der Waals surface area contributed by atoms with Crippen molar-refractivity contribution in [2.24, 2.45) is 0 Å². The highest BCUT2D eigenvalue weighted by Gasteiger charge is 2.51. The molecule has 1 aromatic heterocycles. The molecule has 0 aliphatic carbocycles. The lowest BCUT2D eigenvalue weighted by Gasteiger charge is -2.44. The van der Waals surface area contributed by atoms with E-state index in [1.54, 1.807) is 0 Å². The number of hydrogen-bond donors (Lipinski definition) is 0. The van der Waals surface area contributed by atoms with Gasteiger partial charge < -0.3 is 9.47 Å². The molecule has 0 N–H and O–H groups in total. The third kappa shape index (κ3) is 5.53. The van der Waals surface area contributed by atoms with Gasteiger partial charge in [-0.1, -0.05) is 175 Å². The zero-order chi connectivity index (χ0) is 41.5. The fourth-order valence-corrected chi connectivity index (χ4v) is 19.6. The van der Waals surface area contributed by atoms with Gasteiger partial charge in [0.1, 0.15) is 0 Å². The highest BCUT2D eigenvalue weighted by atomic mass is 32.2. The molecular weight excluding hydrogens is 817 g/mol. The fourth-order valence-electron chi connectivity index (χ4n) is 10.5. The second-order valence-corrected chi connectivity index (χ2v) is 22.2. The van der Waals surface area contributed by atoms with Gasteiger partial charge in [0.15, 0.2) is 8.07 Å². The van der Waals surface area contributed by atoms with E-state index in [2.05, 4.69) is 240 Å².